The summed E-state index contributed by atoms with van der Waals surface area (Å²) >= 11 is 1.97. The maximum absolute atomic E-state index is 15.2. The van der Waals surface area contributed by atoms with Crippen molar-refractivity contribution in [2.45, 2.75) is 50.8 Å². The zero-order valence-corrected chi connectivity index (χ0v) is 20.7. The summed E-state index contributed by atoms with van der Waals surface area (Å²) in [7, 11) is 0. The van der Waals surface area contributed by atoms with Gasteiger partial charge in [-0.3, -0.25) is 4.79 Å². The van der Waals surface area contributed by atoms with Crippen LogP contribution in [0.4, 0.5) is 24.5 Å². The van der Waals surface area contributed by atoms with E-state index in [1.165, 1.54) is 28.0 Å². The van der Waals surface area contributed by atoms with Crippen LogP contribution in [0.15, 0.2) is 30.3 Å². The molecule has 4 rings (SSSR count). The highest BCUT2D eigenvalue weighted by molar-refractivity contribution is 14.1. The molecule has 0 bridgehead atoms. The molecule has 0 unspecified atom stereocenters. The number of amides is 1. The summed E-state index contributed by atoms with van der Waals surface area (Å²) in [5.74, 6) is -3.46. The quantitative estimate of drug-likeness (QED) is 0.515. The molecule has 1 amide bonds. The van der Waals surface area contributed by atoms with E-state index < -0.39 is 35.0 Å². The maximum atomic E-state index is 15.2. The van der Waals surface area contributed by atoms with E-state index in [0.717, 1.165) is 31.9 Å². The van der Waals surface area contributed by atoms with Crippen molar-refractivity contribution >= 4 is 39.9 Å². The van der Waals surface area contributed by atoms with Crippen LogP contribution in [0, 0.1) is 21.0 Å². The van der Waals surface area contributed by atoms with Crippen LogP contribution in [0.1, 0.15) is 43.5 Å². The fourth-order valence-corrected chi connectivity index (χ4v) is 5.19. The molecule has 2 fully saturated rings. The minimum absolute atomic E-state index is 0.0514. The summed E-state index contributed by atoms with van der Waals surface area (Å²) in [4.78, 5) is 16.1. The predicted octanol–water partition coefficient (Wildman–Crippen LogP) is 4.58. The molecular formula is C24H27F3IN3O2. The number of rotatable bonds is 5. The number of aliphatic hydroxyl groups is 1. The molecule has 9 heteroatoms. The average Bonchev–Trinajstić information content (AvgIpc) is 2.76. The van der Waals surface area contributed by atoms with E-state index in [1.54, 1.807) is 19.9 Å². The van der Waals surface area contributed by atoms with Crippen LogP contribution in [-0.4, -0.2) is 53.2 Å². The fourth-order valence-electron chi connectivity index (χ4n) is 4.74. The number of benzene rings is 2. The summed E-state index contributed by atoms with van der Waals surface area (Å²) in [6.45, 7) is 4.45. The maximum Gasteiger partial charge on any atom is 0.256 e. The van der Waals surface area contributed by atoms with Gasteiger partial charge in [-0.15, -0.1) is 0 Å². The summed E-state index contributed by atoms with van der Waals surface area (Å²) in [5, 5.41) is 14.3. The van der Waals surface area contributed by atoms with Gasteiger partial charge >= 0.3 is 0 Å². The number of nitrogens with one attached hydrogen (secondary N) is 1. The van der Waals surface area contributed by atoms with Crippen LogP contribution in [0.25, 0.3) is 0 Å². The van der Waals surface area contributed by atoms with Crippen molar-refractivity contribution < 1.29 is 23.1 Å². The first-order chi connectivity index (χ1) is 15.6. The number of halogens is 4. The number of nitrogens with zero attached hydrogens (tertiary/aromatic N) is 2. The third kappa shape index (κ3) is 4.59. The van der Waals surface area contributed by atoms with Gasteiger partial charge in [-0.25, -0.2) is 13.2 Å². The lowest BCUT2D eigenvalue weighted by Crippen LogP contribution is -2.72. The lowest BCUT2D eigenvalue weighted by Gasteiger charge is -2.51. The Hall–Kier alpha value is -1.85. The van der Waals surface area contributed by atoms with Gasteiger partial charge in [0.05, 0.1) is 30.0 Å². The Balaban J connectivity index is 1.69. The van der Waals surface area contributed by atoms with Gasteiger partial charge in [-0.2, -0.15) is 0 Å². The van der Waals surface area contributed by atoms with Crippen LogP contribution in [0.5, 0.6) is 0 Å². The van der Waals surface area contributed by atoms with Crippen molar-refractivity contribution in [1.82, 2.24) is 10.2 Å². The van der Waals surface area contributed by atoms with Gasteiger partial charge in [0.25, 0.3) is 5.91 Å². The molecule has 2 saturated heterocycles. The second-order valence-corrected chi connectivity index (χ2v) is 10.3. The van der Waals surface area contributed by atoms with Crippen molar-refractivity contribution in [1.29, 1.82) is 0 Å². The first kappa shape index (κ1) is 24.3. The molecule has 2 N–H and O–H groups in total. The van der Waals surface area contributed by atoms with Crippen molar-refractivity contribution in [3.8, 4) is 0 Å². The van der Waals surface area contributed by atoms with E-state index in [0.29, 0.717) is 3.57 Å². The Labute approximate surface area is 205 Å². The standard InChI is InChI=1S/C24H27F3IN3O2/c1-14(2)31(19-9-6-15(28)11-18(19)26)22-16(7-8-17(25)21(22)27)23(32)30-12-24(33,13-30)20-5-3-4-10-29-20/h6-9,11,14,20,29,33H,3-5,10,12-13H2,1-2H3/t20-/m0/s1. The van der Waals surface area contributed by atoms with E-state index in [2.05, 4.69) is 5.32 Å². The Bertz CT molecular complexity index is 1050. The minimum Gasteiger partial charge on any atom is -0.385 e. The van der Waals surface area contributed by atoms with Gasteiger partial charge in [0.1, 0.15) is 11.4 Å². The molecule has 2 aromatic rings. The molecule has 0 aliphatic carbocycles. The molecule has 33 heavy (non-hydrogen) atoms. The van der Waals surface area contributed by atoms with Crippen LogP contribution in [0.2, 0.25) is 0 Å². The number of carbonyl (C=O) groups excluding carboxylic acids is 1. The zero-order valence-electron chi connectivity index (χ0n) is 18.5. The molecule has 1 atom stereocenters. The lowest BCUT2D eigenvalue weighted by atomic mass is 9.81. The average molecular weight is 573 g/mol. The SMILES string of the molecule is CC(C)N(c1ccc(I)cc1F)c1c(C(=O)N2CC(O)([C@@H]3CCCCN3)C2)ccc(F)c1F. The highest BCUT2D eigenvalue weighted by Gasteiger charge is 2.50. The predicted molar refractivity (Wildman–Crippen MR) is 129 cm³/mol. The number of β-amino-alcohol motifs (C(OH)–C–C–N with tert-alkyl or cyclic N) is 1. The monoisotopic (exact) mass is 573 g/mol. The van der Waals surface area contributed by atoms with Gasteiger partial charge in [0.2, 0.25) is 0 Å². The molecule has 0 radical (unpaired) electrons. The molecular weight excluding hydrogens is 546 g/mol. The Morgan fingerprint density at radius 2 is 1.91 bits per heavy atom. The number of hydrogen-bond donors (Lipinski definition) is 2. The van der Waals surface area contributed by atoms with Crippen LogP contribution < -0.4 is 10.2 Å². The second-order valence-electron chi connectivity index (χ2n) is 9.08. The molecule has 2 aromatic carbocycles. The third-order valence-corrected chi connectivity index (χ3v) is 7.07. The van der Waals surface area contributed by atoms with Gasteiger partial charge < -0.3 is 20.2 Å². The van der Waals surface area contributed by atoms with Crippen molar-refractivity contribution in [2.24, 2.45) is 0 Å². The summed E-state index contributed by atoms with van der Waals surface area (Å²) in [6, 6.07) is 6.02. The lowest BCUT2D eigenvalue weighted by molar-refractivity contribution is -0.108. The van der Waals surface area contributed by atoms with E-state index in [4.69, 9.17) is 0 Å². The zero-order chi connectivity index (χ0) is 23.9. The number of carbonyl (C=O) groups is 1. The minimum atomic E-state index is -1.21. The second kappa shape index (κ2) is 9.42. The van der Waals surface area contributed by atoms with Gasteiger partial charge in [-0.1, -0.05) is 6.42 Å². The van der Waals surface area contributed by atoms with E-state index in [-0.39, 0.29) is 36.1 Å². The summed E-state index contributed by atoms with van der Waals surface area (Å²) in [5.41, 5.74) is -1.37. The van der Waals surface area contributed by atoms with E-state index in [9.17, 15) is 18.7 Å². The molecule has 5 nitrogen and oxygen atoms in total. The van der Waals surface area contributed by atoms with E-state index >= 15 is 4.39 Å². The van der Waals surface area contributed by atoms with Gasteiger partial charge in [-0.05, 0) is 86.2 Å². The molecule has 0 saturated carbocycles. The van der Waals surface area contributed by atoms with Gasteiger partial charge in [0.15, 0.2) is 11.6 Å². The largest absolute Gasteiger partial charge is 0.385 e. The Kier molecular flexibility index (Phi) is 6.93. The Morgan fingerprint density at radius 1 is 1.18 bits per heavy atom. The van der Waals surface area contributed by atoms with Crippen molar-refractivity contribution in [3.63, 3.8) is 0 Å². The molecule has 178 valence electrons. The van der Waals surface area contributed by atoms with Crippen molar-refractivity contribution in [2.75, 3.05) is 24.5 Å². The molecule has 2 aliphatic rings. The highest BCUT2D eigenvalue weighted by atomic mass is 127. The molecule has 0 aromatic heterocycles. The van der Waals surface area contributed by atoms with Crippen molar-refractivity contribution in [3.05, 3.63) is 56.9 Å². The first-order valence-electron chi connectivity index (χ1n) is 11.1. The molecule has 2 aliphatic heterocycles. The molecule has 2 heterocycles. The smallest absolute Gasteiger partial charge is 0.256 e. The van der Waals surface area contributed by atoms with Gasteiger partial charge in [0, 0.05) is 15.7 Å². The normalized spacial score (nSPS) is 20.0. The third-order valence-electron chi connectivity index (χ3n) is 6.40. The Morgan fingerprint density at radius 3 is 2.52 bits per heavy atom. The number of hydrogen-bond acceptors (Lipinski definition) is 4. The van der Waals surface area contributed by atoms with E-state index in [1.807, 2.05) is 22.6 Å². The summed E-state index contributed by atoms with van der Waals surface area (Å²) in [6.07, 6.45) is 2.88. The highest BCUT2D eigenvalue weighted by Crippen LogP contribution is 2.38. The molecule has 0 spiro atoms. The van der Waals surface area contributed by atoms with Crippen LogP contribution in [-0.2, 0) is 0 Å². The fraction of sp³-hybridized carbons (Fsp3) is 0.458. The van der Waals surface area contributed by atoms with Crippen LogP contribution >= 0.6 is 22.6 Å². The number of anilines is 2. The summed E-state index contributed by atoms with van der Waals surface area (Å²) < 4.78 is 45.0. The topological polar surface area (TPSA) is 55.8 Å². The number of likely N-dealkylation sites (tertiary alicyclic amines) is 1. The van der Waals surface area contributed by atoms with Crippen LogP contribution in [0.3, 0.4) is 0 Å². The first-order valence-corrected chi connectivity index (χ1v) is 12.2. The number of piperidine rings is 1.